The number of ether oxygens (including phenoxy) is 2. The predicted molar refractivity (Wildman–Crippen MR) is 81.6 cm³/mol. The molecule has 0 spiro atoms. The molecule has 128 valence electrons. The number of nitrogens with one attached hydrogen (secondary N) is 1. The molecule has 1 aromatic rings. The van der Waals surface area contributed by atoms with E-state index < -0.39 is 30.2 Å². The molecule has 0 aliphatic rings. The van der Waals surface area contributed by atoms with Crippen LogP contribution < -0.4 is 5.32 Å². The van der Waals surface area contributed by atoms with Crippen LogP contribution in [0.4, 0.5) is 4.79 Å². The van der Waals surface area contributed by atoms with Crippen LogP contribution in [0.2, 0.25) is 0 Å². The molecular weight excluding hydrogens is 316 g/mol. The molecule has 0 aliphatic heterocycles. The fraction of sp³-hybridized carbons (Fsp3) is 0.375. The molecule has 0 aliphatic carbocycles. The quantitative estimate of drug-likeness (QED) is 0.691. The average molecular weight is 334 g/mol. The molecule has 1 rings (SSSR count). The monoisotopic (exact) mass is 334 g/mol. The minimum Gasteiger partial charge on any atom is -0.480 e. The summed E-state index contributed by atoms with van der Waals surface area (Å²) in [6.07, 6.45) is -2.35. The van der Waals surface area contributed by atoms with E-state index in [1.807, 2.05) is 6.07 Å². The molecule has 0 saturated heterocycles. The van der Waals surface area contributed by atoms with E-state index in [1.54, 1.807) is 30.3 Å². The lowest BCUT2D eigenvalue weighted by Gasteiger charge is -2.21. The van der Waals surface area contributed by atoms with Crippen LogP contribution in [-0.4, -0.2) is 35.3 Å². The molecule has 0 fully saturated rings. The van der Waals surface area contributed by atoms with Gasteiger partial charge >= 0.3 is 12.1 Å². The van der Waals surface area contributed by atoms with Gasteiger partial charge in [-0.05, 0) is 12.5 Å². The van der Waals surface area contributed by atoms with Crippen LogP contribution in [-0.2, 0) is 25.7 Å². The molecule has 2 N–H and O–H groups in total. The number of carbonyl (C=O) groups excluding carboxylic acids is 2. The standard InChI is InChI=1S/C16H18N2O6/c1-11(14(15(20)21)18-13(19)8-5-9-17)24-16(22)23-10-12-6-3-2-4-7-12/h2-4,6-7,11,14H,5,8,10H2,1H3,(H,18,19)(H,20,21). The van der Waals surface area contributed by atoms with Gasteiger partial charge in [-0.1, -0.05) is 30.3 Å². The van der Waals surface area contributed by atoms with E-state index in [-0.39, 0.29) is 19.4 Å². The molecule has 2 unspecified atom stereocenters. The second-order valence-electron chi connectivity index (χ2n) is 4.89. The van der Waals surface area contributed by atoms with E-state index in [0.29, 0.717) is 0 Å². The summed E-state index contributed by atoms with van der Waals surface area (Å²) in [5.74, 6) is -1.97. The molecule has 2 atom stereocenters. The SMILES string of the molecule is CC(OC(=O)OCc1ccccc1)C(NC(=O)CCC#N)C(=O)O. The van der Waals surface area contributed by atoms with Gasteiger partial charge in [0.25, 0.3) is 0 Å². The molecule has 0 saturated carbocycles. The summed E-state index contributed by atoms with van der Waals surface area (Å²) in [4.78, 5) is 34.3. The Morgan fingerprint density at radius 2 is 1.96 bits per heavy atom. The van der Waals surface area contributed by atoms with Gasteiger partial charge in [-0.25, -0.2) is 9.59 Å². The molecule has 0 aromatic heterocycles. The van der Waals surface area contributed by atoms with E-state index in [9.17, 15) is 14.4 Å². The van der Waals surface area contributed by atoms with Gasteiger partial charge < -0.3 is 19.9 Å². The van der Waals surface area contributed by atoms with Gasteiger partial charge in [-0.2, -0.15) is 5.26 Å². The van der Waals surface area contributed by atoms with Gasteiger partial charge in [-0.15, -0.1) is 0 Å². The zero-order chi connectivity index (χ0) is 17.9. The van der Waals surface area contributed by atoms with Crippen molar-refractivity contribution < 1.29 is 29.0 Å². The zero-order valence-electron chi connectivity index (χ0n) is 13.1. The van der Waals surface area contributed by atoms with Crippen molar-refractivity contribution in [3.05, 3.63) is 35.9 Å². The molecular formula is C16H18N2O6. The first kappa shape index (κ1) is 19.0. The molecule has 0 radical (unpaired) electrons. The largest absolute Gasteiger partial charge is 0.508 e. The third kappa shape index (κ3) is 6.79. The number of amides is 1. The predicted octanol–water partition coefficient (Wildman–Crippen LogP) is 1.60. The molecule has 1 aromatic carbocycles. The van der Waals surface area contributed by atoms with Crippen molar-refractivity contribution >= 4 is 18.0 Å². The van der Waals surface area contributed by atoms with Gasteiger partial charge in [0, 0.05) is 12.8 Å². The van der Waals surface area contributed by atoms with Crippen molar-refractivity contribution in [2.24, 2.45) is 0 Å². The first-order valence-electron chi connectivity index (χ1n) is 7.20. The first-order chi connectivity index (χ1) is 11.4. The Morgan fingerprint density at radius 1 is 1.29 bits per heavy atom. The van der Waals surface area contributed by atoms with E-state index in [1.165, 1.54) is 6.92 Å². The number of carboxylic acid groups (broad SMARTS) is 1. The Labute approximate surface area is 139 Å². The van der Waals surface area contributed by atoms with Crippen LogP contribution in [0.3, 0.4) is 0 Å². The lowest BCUT2D eigenvalue weighted by atomic mass is 10.1. The van der Waals surface area contributed by atoms with E-state index >= 15 is 0 Å². The van der Waals surface area contributed by atoms with E-state index in [2.05, 4.69) is 5.32 Å². The minimum atomic E-state index is -1.43. The summed E-state index contributed by atoms with van der Waals surface area (Å²) < 4.78 is 9.77. The van der Waals surface area contributed by atoms with Gasteiger partial charge in [0.05, 0.1) is 6.07 Å². The second kappa shape index (κ2) is 9.84. The van der Waals surface area contributed by atoms with Gasteiger partial charge in [0.15, 0.2) is 6.04 Å². The van der Waals surface area contributed by atoms with Crippen molar-refractivity contribution in [1.82, 2.24) is 5.32 Å². The highest BCUT2D eigenvalue weighted by atomic mass is 16.7. The summed E-state index contributed by atoms with van der Waals surface area (Å²) in [5, 5.41) is 19.7. The van der Waals surface area contributed by atoms with Gasteiger partial charge in [-0.3, -0.25) is 4.79 Å². The molecule has 8 heteroatoms. The Hall–Kier alpha value is -3.08. The van der Waals surface area contributed by atoms with Crippen LogP contribution in [0.5, 0.6) is 0 Å². The maximum absolute atomic E-state index is 11.6. The number of carboxylic acids is 1. The highest BCUT2D eigenvalue weighted by molar-refractivity contribution is 5.84. The Bertz CT molecular complexity index is 611. The maximum atomic E-state index is 11.6. The van der Waals surface area contributed by atoms with Crippen LogP contribution in [0, 0.1) is 11.3 Å². The smallest absolute Gasteiger partial charge is 0.480 e. The van der Waals surface area contributed by atoms with Crippen LogP contribution >= 0.6 is 0 Å². The zero-order valence-corrected chi connectivity index (χ0v) is 13.1. The Morgan fingerprint density at radius 3 is 2.54 bits per heavy atom. The topological polar surface area (TPSA) is 126 Å². The van der Waals surface area contributed by atoms with Crippen molar-refractivity contribution in [3.63, 3.8) is 0 Å². The van der Waals surface area contributed by atoms with Crippen molar-refractivity contribution in [1.29, 1.82) is 5.26 Å². The van der Waals surface area contributed by atoms with Gasteiger partial charge in [0.2, 0.25) is 5.91 Å². The van der Waals surface area contributed by atoms with Crippen LogP contribution in [0.15, 0.2) is 30.3 Å². The lowest BCUT2D eigenvalue weighted by Crippen LogP contribution is -2.49. The van der Waals surface area contributed by atoms with Gasteiger partial charge in [0.1, 0.15) is 12.7 Å². The number of carbonyl (C=O) groups is 3. The fourth-order valence-electron chi connectivity index (χ4n) is 1.77. The van der Waals surface area contributed by atoms with E-state index in [4.69, 9.17) is 19.8 Å². The summed E-state index contributed by atoms with van der Waals surface area (Å²) in [6, 6.07) is 9.24. The van der Waals surface area contributed by atoms with Crippen LogP contribution in [0.25, 0.3) is 0 Å². The summed E-state index contributed by atoms with van der Waals surface area (Å²) >= 11 is 0. The third-order valence-electron chi connectivity index (χ3n) is 3.00. The Kier molecular flexibility index (Phi) is 7.78. The first-order valence-corrected chi connectivity index (χ1v) is 7.20. The Balaban J connectivity index is 2.50. The number of nitrogens with zero attached hydrogens (tertiary/aromatic N) is 1. The summed E-state index contributed by atoms with van der Waals surface area (Å²) in [6.45, 7) is 1.31. The highest BCUT2D eigenvalue weighted by Gasteiger charge is 2.29. The van der Waals surface area contributed by atoms with Crippen molar-refractivity contribution in [2.75, 3.05) is 0 Å². The van der Waals surface area contributed by atoms with Crippen molar-refractivity contribution in [3.8, 4) is 6.07 Å². The number of rotatable bonds is 8. The molecule has 1 amide bonds. The molecule has 24 heavy (non-hydrogen) atoms. The number of nitriles is 1. The number of benzene rings is 1. The number of hydrogen-bond acceptors (Lipinski definition) is 6. The minimum absolute atomic E-state index is 0.0152. The summed E-state index contributed by atoms with van der Waals surface area (Å²) in [5.41, 5.74) is 0.752. The van der Waals surface area contributed by atoms with Crippen molar-refractivity contribution in [2.45, 2.75) is 38.5 Å². The van der Waals surface area contributed by atoms with Crippen LogP contribution in [0.1, 0.15) is 25.3 Å². The lowest BCUT2D eigenvalue weighted by molar-refractivity contribution is -0.145. The normalized spacial score (nSPS) is 12.3. The molecule has 8 nitrogen and oxygen atoms in total. The second-order valence-corrected chi connectivity index (χ2v) is 4.89. The fourth-order valence-corrected chi connectivity index (χ4v) is 1.77. The highest BCUT2D eigenvalue weighted by Crippen LogP contribution is 2.06. The van der Waals surface area contributed by atoms with E-state index in [0.717, 1.165) is 5.56 Å². The third-order valence-corrected chi connectivity index (χ3v) is 3.00. The number of hydrogen-bond donors (Lipinski definition) is 2. The maximum Gasteiger partial charge on any atom is 0.508 e. The molecule has 0 heterocycles. The molecule has 0 bridgehead atoms. The average Bonchev–Trinajstić information content (AvgIpc) is 2.56. The number of aliphatic carboxylic acids is 1. The summed E-state index contributed by atoms with van der Waals surface area (Å²) in [7, 11) is 0.